The maximum atomic E-state index is 12.2. The number of hydrogen-bond acceptors (Lipinski definition) is 4. The minimum absolute atomic E-state index is 0.233. The number of aliphatic hydroxyl groups is 1. The van der Waals surface area contributed by atoms with Gasteiger partial charge in [-0.15, -0.1) is 0 Å². The predicted molar refractivity (Wildman–Crippen MR) is 70.4 cm³/mol. The third-order valence-corrected chi connectivity index (χ3v) is 2.70. The van der Waals surface area contributed by atoms with Crippen LogP contribution in [0.25, 0.3) is 0 Å². The van der Waals surface area contributed by atoms with Gasteiger partial charge in [-0.25, -0.2) is 0 Å². The summed E-state index contributed by atoms with van der Waals surface area (Å²) in [7, 11) is 0. The van der Waals surface area contributed by atoms with E-state index in [0.717, 1.165) is 0 Å². The van der Waals surface area contributed by atoms with Crippen LogP contribution in [-0.4, -0.2) is 16.9 Å². The summed E-state index contributed by atoms with van der Waals surface area (Å²) >= 11 is 0. The predicted octanol–water partition coefficient (Wildman–Crippen LogP) is 3.02. The van der Waals surface area contributed by atoms with Crippen molar-refractivity contribution in [2.45, 2.75) is 32.4 Å². The summed E-state index contributed by atoms with van der Waals surface area (Å²) in [5.41, 5.74) is 1.32. The molecule has 0 spiro atoms. The number of carbonyl (C=O) groups is 1. The van der Waals surface area contributed by atoms with E-state index >= 15 is 0 Å². The highest BCUT2D eigenvalue weighted by molar-refractivity contribution is 6.09. The first-order chi connectivity index (χ1) is 8.47. The summed E-state index contributed by atoms with van der Waals surface area (Å²) in [6, 6.07) is 6.37. The van der Waals surface area contributed by atoms with E-state index in [2.05, 4.69) is 11.8 Å². The Kier molecular flexibility index (Phi) is 4.92. The second-order valence-electron chi connectivity index (χ2n) is 4.35. The second-order valence-corrected chi connectivity index (χ2v) is 4.35. The molecular weight excluding hydrogens is 230 g/mol. The van der Waals surface area contributed by atoms with Crippen molar-refractivity contribution >= 4 is 5.78 Å². The van der Waals surface area contributed by atoms with Gasteiger partial charge in [-0.3, -0.25) is 4.79 Å². The van der Waals surface area contributed by atoms with Gasteiger partial charge in [0.15, 0.2) is 5.78 Å². The van der Waals surface area contributed by atoms with Crippen molar-refractivity contribution in [1.82, 2.24) is 0 Å². The van der Waals surface area contributed by atoms with Gasteiger partial charge in [0, 0.05) is 12.0 Å². The first-order valence-electron chi connectivity index (χ1n) is 5.79. The Hall–Kier alpha value is -1.81. The van der Waals surface area contributed by atoms with E-state index in [1.54, 1.807) is 38.1 Å². The molecule has 0 saturated carbocycles. The van der Waals surface area contributed by atoms with E-state index in [0.29, 0.717) is 16.7 Å². The molecule has 0 radical (unpaired) electrons. The topological polar surface area (TPSA) is 66.7 Å². The van der Waals surface area contributed by atoms with Gasteiger partial charge in [-0.1, -0.05) is 36.0 Å². The Balaban J connectivity index is 2.97. The van der Waals surface area contributed by atoms with Crippen molar-refractivity contribution in [3.8, 4) is 0 Å². The molecule has 1 N–H and O–H groups in total. The van der Waals surface area contributed by atoms with Gasteiger partial charge in [-0.2, -0.15) is 4.91 Å². The van der Waals surface area contributed by atoms with E-state index < -0.39 is 12.1 Å². The first-order valence-corrected chi connectivity index (χ1v) is 5.79. The maximum absolute atomic E-state index is 12.2. The van der Waals surface area contributed by atoms with Gasteiger partial charge in [0.25, 0.3) is 0 Å². The highest BCUT2D eigenvalue weighted by Gasteiger charge is 2.18. The van der Waals surface area contributed by atoms with Gasteiger partial charge in [0.1, 0.15) is 0 Å². The smallest absolute Gasteiger partial charge is 0.188 e. The fourth-order valence-corrected chi connectivity index (χ4v) is 1.75. The number of hydrogen-bond donors (Lipinski definition) is 1. The SMILES string of the molecule is C=C(CC(C)N=O)C(=O)c1ccccc1C(C)O. The molecule has 1 rings (SSSR count). The van der Waals surface area contributed by atoms with Crippen LogP contribution < -0.4 is 0 Å². The molecule has 1 aromatic carbocycles. The van der Waals surface area contributed by atoms with Gasteiger partial charge in [-0.05, 0) is 25.0 Å². The van der Waals surface area contributed by atoms with Crippen LogP contribution in [0.3, 0.4) is 0 Å². The molecule has 0 aliphatic rings. The van der Waals surface area contributed by atoms with Crippen LogP contribution in [0.15, 0.2) is 41.6 Å². The Morgan fingerprint density at radius 3 is 2.56 bits per heavy atom. The second kappa shape index (κ2) is 6.21. The highest BCUT2D eigenvalue weighted by atomic mass is 16.3. The Labute approximate surface area is 106 Å². The van der Waals surface area contributed by atoms with Gasteiger partial charge < -0.3 is 5.11 Å². The molecule has 2 unspecified atom stereocenters. The summed E-state index contributed by atoms with van der Waals surface area (Å²) in [6.45, 7) is 6.92. The number of rotatable bonds is 6. The van der Waals surface area contributed by atoms with Crippen LogP contribution in [0.2, 0.25) is 0 Å². The van der Waals surface area contributed by atoms with Crippen LogP contribution in [0.4, 0.5) is 0 Å². The zero-order valence-corrected chi connectivity index (χ0v) is 10.6. The van der Waals surface area contributed by atoms with E-state index in [4.69, 9.17) is 0 Å². The zero-order chi connectivity index (χ0) is 13.7. The van der Waals surface area contributed by atoms with Crippen LogP contribution in [-0.2, 0) is 0 Å². The van der Waals surface area contributed by atoms with Crippen molar-refractivity contribution < 1.29 is 9.90 Å². The molecule has 96 valence electrons. The molecule has 1 aromatic rings. The third-order valence-electron chi connectivity index (χ3n) is 2.70. The number of benzene rings is 1. The maximum Gasteiger partial charge on any atom is 0.188 e. The van der Waals surface area contributed by atoms with Gasteiger partial charge in [0.2, 0.25) is 0 Å². The lowest BCUT2D eigenvalue weighted by atomic mass is 9.94. The number of nitroso groups, excluding NO2 is 1. The molecular formula is C14H17NO3. The summed E-state index contributed by atoms with van der Waals surface area (Å²) in [6.07, 6.45) is -0.490. The summed E-state index contributed by atoms with van der Waals surface area (Å²) in [5, 5.41) is 12.5. The van der Waals surface area contributed by atoms with Gasteiger partial charge >= 0.3 is 0 Å². The monoisotopic (exact) mass is 247 g/mol. The average molecular weight is 247 g/mol. The summed E-state index contributed by atoms with van der Waals surface area (Å²) < 4.78 is 0. The normalized spacial score (nSPS) is 13.7. The van der Waals surface area contributed by atoms with Gasteiger partial charge in [0.05, 0.1) is 12.1 Å². The highest BCUT2D eigenvalue weighted by Crippen LogP contribution is 2.21. The van der Waals surface area contributed by atoms with Crippen molar-refractivity contribution in [3.63, 3.8) is 0 Å². The lowest BCUT2D eigenvalue weighted by molar-refractivity contribution is 0.102. The summed E-state index contributed by atoms with van der Waals surface area (Å²) in [4.78, 5) is 22.5. The number of carbonyl (C=O) groups excluding carboxylic acids is 1. The molecule has 4 heteroatoms. The van der Waals surface area contributed by atoms with E-state index in [1.165, 1.54) is 0 Å². The molecule has 4 nitrogen and oxygen atoms in total. The van der Waals surface area contributed by atoms with Crippen LogP contribution in [0.1, 0.15) is 42.3 Å². The van der Waals surface area contributed by atoms with E-state index in [9.17, 15) is 14.8 Å². The molecule has 0 heterocycles. The molecule has 0 saturated heterocycles. The Morgan fingerprint density at radius 1 is 1.39 bits per heavy atom. The number of Topliss-reactive ketones (excluding diaryl/α,β-unsaturated/α-hetero) is 1. The molecule has 2 atom stereocenters. The molecule has 0 aromatic heterocycles. The molecule has 0 aliphatic carbocycles. The first kappa shape index (κ1) is 14.3. The number of ketones is 1. The zero-order valence-electron chi connectivity index (χ0n) is 10.6. The van der Waals surface area contributed by atoms with Crippen LogP contribution in [0.5, 0.6) is 0 Å². The minimum Gasteiger partial charge on any atom is -0.389 e. The average Bonchev–Trinajstić information content (AvgIpc) is 2.37. The quantitative estimate of drug-likeness (QED) is 0.477. The van der Waals surface area contributed by atoms with Crippen LogP contribution >= 0.6 is 0 Å². The molecule has 18 heavy (non-hydrogen) atoms. The van der Waals surface area contributed by atoms with Crippen molar-refractivity contribution in [3.05, 3.63) is 52.5 Å². The minimum atomic E-state index is -0.723. The fourth-order valence-electron chi connectivity index (χ4n) is 1.75. The third kappa shape index (κ3) is 3.34. The Morgan fingerprint density at radius 2 is 2.00 bits per heavy atom. The molecule has 0 aliphatic heterocycles. The van der Waals surface area contributed by atoms with Crippen molar-refractivity contribution in [1.29, 1.82) is 0 Å². The van der Waals surface area contributed by atoms with Crippen LogP contribution in [0, 0.1) is 4.91 Å². The van der Waals surface area contributed by atoms with Crippen molar-refractivity contribution in [2.75, 3.05) is 0 Å². The Bertz CT molecular complexity index is 466. The molecule has 0 bridgehead atoms. The summed E-state index contributed by atoms with van der Waals surface area (Å²) in [5.74, 6) is -0.248. The fraction of sp³-hybridized carbons (Fsp3) is 0.357. The molecule has 0 fully saturated rings. The van der Waals surface area contributed by atoms with Crippen molar-refractivity contribution in [2.24, 2.45) is 5.18 Å². The lowest BCUT2D eigenvalue weighted by Crippen LogP contribution is -2.11. The largest absolute Gasteiger partial charge is 0.389 e. The number of nitrogens with zero attached hydrogens (tertiary/aromatic N) is 1. The van der Waals surface area contributed by atoms with E-state index in [1.807, 2.05) is 0 Å². The lowest BCUT2D eigenvalue weighted by Gasteiger charge is -2.12. The molecule has 0 amide bonds. The standard InChI is InChI=1S/C14H17NO3/c1-9(8-10(2)15-18)14(17)13-7-5-4-6-12(13)11(3)16/h4-7,10-11,16H,1,8H2,2-3H3. The van der Waals surface area contributed by atoms with E-state index in [-0.39, 0.29) is 12.2 Å². The number of aliphatic hydroxyl groups excluding tert-OH is 1.